The van der Waals surface area contributed by atoms with Gasteiger partial charge in [-0.1, -0.05) is 24.3 Å². The average molecular weight is 257 g/mol. The molecule has 0 saturated heterocycles. The summed E-state index contributed by atoms with van der Waals surface area (Å²) in [6.45, 7) is 1.96. The van der Waals surface area contributed by atoms with Crippen LogP contribution in [0.25, 0.3) is 0 Å². The fourth-order valence-corrected chi connectivity index (χ4v) is 2.60. The highest BCUT2D eigenvalue weighted by atomic mass is 19.1. The minimum absolute atomic E-state index is 0.0717. The van der Waals surface area contributed by atoms with Crippen molar-refractivity contribution in [2.45, 2.75) is 25.5 Å². The first-order chi connectivity index (χ1) is 9.15. The summed E-state index contributed by atoms with van der Waals surface area (Å²) in [6, 6.07) is 12.5. The number of hydrogen-bond donors (Lipinski definition) is 1. The molecule has 2 nitrogen and oxygen atoms in total. The molecule has 0 amide bonds. The van der Waals surface area contributed by atoms with E-state index in [1.54, 1.807) is 12.1 Å². The van der Waals surface area contributed by atoms with Gasteiger partial charge in [0.05, 0.1) is 0 Å². The summed E-state index contributed by atoms with van der Waals surface area (Å²) in [6.07, 6.45) is 0.488. The molecule has 1 unspecified atom stereocenters. The van der Waals surface area contributed by atoms with Crippen molar-refractivity contribution in [1.82, 2.24) is 0 Å². The first-order valence-electron chi connectivity index (χ1n) is 6.42. The molecule has 1 aliphatic rings. The summed E-state index contributed by atoms with van der Waals surface area (Å²) in [5, 5.41) is 0. The number of nitrogens with two attached hydrogens (primary N) is 1. The quantitative estimate of drug-likeness (QED) is 0.846. The van der Waals surface area contributed by atoms with Crippen LogP contribution in [0.15, 0.2) is 42.5 Å². The molecule has 3 heteroatoms. The maximum Gasteiger partial charge on any atom is 0.126 e. The number of para-hydroxylation sites is 1. The van der Waals surface area contributed by atoms with Crippen LogP contribution in [0, 0.1) is 12.7 Å². The number of fused-ring (bicyclic) bond motifs is 1. The lowest BCUT2D eigenvalue weighted by molar-refractivity contribution is 0.160. The summed E-state index contributed by atoms with van der Waals surface area (Å²) in [4.78, 5) is 0. The second-order valence-electron chi connectivity index (χ2n) is 4.99. The van der Waals surface area contributed by atoms with Gasteiger partial charge in [-0.15, -0.1) is 0 Å². The maximum absolute atomic E-state index is 13.4. The van der Waals surface area contributed by atoms with Crippen molar-refractivity contribution >= 4 is 0 Å². The lowest BCUT2D eigenvalue weighted by atomic mass is 9.92. The number of halogens is 1. The normalized spacial score (nSPS) is 21.6. The molecule has 0 radical (unpaired) electrons. The zero-order chi connectivity index (χ0) is 13.4. The van der Waals surface area contributed by atoms with Gasteiger partial charge in [0.15, 0.2) is 0 Å². The molecule has 0 aliphatic carbocycles. The highest BCUT2D eigenvalue weighted by Crippen LogP contribution is 2.40. The molecule has 98 valence electrons. The monoisotopic (exact) mass is 257 g/mol. The Labute approximate surface area is 112 Å². The van der Waals surface area contributed by atoms with Crippen molar-refractivity contribution in [3.05, 3.63) is 65.0 Å². The molecular weight excluding hydrogens is 241 g/mol. The highest BCUT2D eigenvalue weighted by Gasteiger charge is 2.27. The van der Waals surface area contributed by atoms with Gasteiger partial charge in [-0.2, -0.15) is 0 Å². The Balaban J connectivity index is 1.99. The minimum Gasteiger partial charge on any atom is -0.485 e. The number of hydrogen-bond acceptors (Lipinski definition) is 2. The van der Waals surface area contributed by atoms with Crippen LogP contribution in [0.2, 0.25) is 0 Å². The van der Waals surface area contributed by atoms with Gasteiger partial charge in [0, 0.05) is 18.0 Å². The number of benzene rings is 2. The smallest absolute Gasteiger partial charge is 0.126 e. The van der Waals surface area contributed by atoms with Crippen molar-refractivity contribution in [3.63, 3.8) is 0 Å². The van der Waals surface area contributed by atoms with E-state index in [0.29, 0.717) is 6.42 Å². The molecule has 0 saturated carbocycles. The third-order valence-electron chi connectivity index (χ3n) is 3.64. The first-order valence-corrected chi connectivity index (χ1v) is 6.42. The predicted octanol–water partition coefficient (Wildman–Crippen LogP) is 3.66. The molecule has 0 spiro atoms. The van der Waals surface area contributed by atoms with Gasteiger partial charge < -0.3 is 10.5 Å². The first kappa shape index (κ1) is 12.2. The van der Waals surface area contributed by atoms with E-state index in [1.807, 2.05) is 31.2 Å². The van der Waals surface area contributed by atoms with E-state index in [0.717, 1.165) is 22.4 Å². The summed E-state index contributed by atoms with van der Waals surface area (Å²) in [5.74, 6) is 0.562. The van der Waals surface area contributed by atoms with Gasteiger partial charge >= 0.3 is 0 Å². The fourth-order valence-electron chi connectivity index (χ4n) is 2.60. The Morgan fingerprint density at radius 2 is 1.95 bits per heavy atom. The van der Waals surface area contributed by atoms with Crippen LogP contribution < -0.4 is 10.5 Å². The molecule has 2 aromatic rings. The van der Waals surface area contributed by atoms with Crippen LogP contribution in [0.5, 0.6) is 5.75 Å². The topological polar surface area (TPSA) is 35.2 Å². The molecular formula is C16H16FNO. The Morgan fingerprint density at radius 1 is 1.16 bits per heavy atom. The van der Waals surface area contributed by atoms with E-state index in [4.69, 9.17) is 10.5 Å². The predicted molar refractivity (Wildman–Crippen MR) is 72.5 cm³/mol. The average Bonchev–Trinajstić information content (AvgIpc) is 2.41. The molecule has 0 bridgehead atoms. The zero-order valence-electron chi connectivity index (χ0n) is 10.8. The second kappa shape index (κ2) is 4.67. The second-order valence-corrected chi connectivity index (χ2v) is 4.99. The van der Waals surface area contributed by atoms with E-state index in [-0.39, 0.29) is 18.0 Å². The van der Waals surface area contributed by atoms with Crippen molar-refractivity contribution in [2.75, 3.05) is 0 Å². The number of rotatable bonds is 1. The Hall–Kier alpha value is -1.87. The van der Waals surface area contributed by atoms with E-state index < -0.39 is 0 Å². The van der Waals surface area contributed by atoms with Crippen LogP contribution in [-0.4, -0.2) is 0 Å². The zero-order valence-corrected chi connectivity index (χ0v) is 10.8. The largest absolute Gasteiger partial charge is 0.485 e. The lowest BCUT2D eigenvalue weighted by Gasteiger charge is -2.31. The van der Waals surface area contributed by atoms with Gasteiger partial charge in [-0.3, -0.25) is 0 Å². The Morgan fingerprint density at radius 3 is 2.79 bits per heavy atom. The van der Waals surface area contributed by atoms with Crippen LogP contribution in [0.4, 0.5) is 4.39 Å². The lowest BCUT2D eigenvalue weighted by Crippen LogP contribution is -2.24. The number of aryl methyl sites for hydroxylation is 1. The van der Waals surface area contributed by atoms with E-state index in [1.165, 1.54) is 6.07 Å². The van der Waals surface area contributed by atoms with E-state index >= 15 is 0 Å². The van der Waals surface area contributed by atoms with Crippen LogP contribution in [-0.2, 0) is 0 Å². The molecule has 0 fully saturated rings. The van der Waals surface area contributed by atoms with Crippen LogP contribution in [0.1, 0.15) is 35.3 Å². The van der Waals surface area contributed by atoms with Gasteiger partial charge in [0.2, 0.25) is 0 Å². The molecule has 0 aromatic heterocycles. The molecule has 2 atom stereocenters. The highest BCUT2D eigenvalue weighted by molar-refractivity contribution is 5.40. The molecule has 19 heavy (non-hydrogen) atoms. The molecule has 1 aliphatic heterocycles. The van der Waals surface area contributed by atoms with Crippen molar-refractivity contribution < 1.29 is 9.13 Å². The maximum atomic E-state index is 13.4. The standard InChI is InChI=1S/C16H16FNO/c1-10-6-7-11(17)8-13(10)16-9-14(18)12-4-2-3-5-15(12)19-16/h2-8,14,16H,9,18H2,1H3/t14-,16?/m0/s1. The van der Waals surface area contributed by atoms with Crippen LogP contribution in [0.3, 0.4) is 0 Å². The SMILES string of the molecule is Cc1ccc(F)cc1C1C[C@H](N)c2ccccc2O1. The Kier molecular flexibility index (Phi) is 2.99. The van der Waals surface area contributed by atoms with E-state index in [9.17, 15) is 4.39 Å². The molecule has 2 N–H and O–H groups in total. The summed E-state index contributed by atoms with van der Waals surface area (Å²) >= 11 is 0. The Bertz CT molecular complexity index is 611. The summed E-state index contributed by atoms with van der Waals surface area (Å²) < 4.78 is 19.4. The van der Waals surface area contributed by atoms with Gasteiger partial charge in [0.1, 0.15) is 17.7 Å². The van der Waals surface area contributed by atoms with E-state index in [2.05, 4.69) is 0 Å². The molecule has 3 rings (SSSR count). The van der Waals surface area contributed by atoms with Gasteiger partial charge in [0.25, 0.3) is 0 Å². The van der Waals surface area contributed by atoms with Crippen molar-refractivity contribution in [2.24, 2.45) is 5.73 Å². The summed E-state index contributed by atoms with van der Waals surface area (Å²) in [5.41, 5.74) is 9.12. The molecule has 2 aromatic carbocycles. The molecule has 1 heterocycles. The fraction of sp³-hybridized carbons (Fsp3) is 0.250. The van der Waals surface area contributed by atoms with Crippen molar-refractivity contribution in [3.8, 4) is 5.75 Å². The third-order valence-corrected chi connectivity index (χ3v) is 3.64. The third kappa shape index (κ3) is 2.22. The van der Waals surface area contributed by atoms with Crippen molar-refractivity contribution in [1.29, 1.82) is 0 Å². The minimum atomic E-state index is -0.239. The van der Waals surface area contributed by atoms with Crippen LogP contribution >= 0.6 is 0 Å². The van der Waals surface area contributed by atoms with Gasteiger partial charge in [-0.25, -0.2) is 4.39 Å². The number of ether oxygens (including phenoxy) is 1. The summed E-state index contributed by atoms with van der Waals surface area (Å²) in [7, 11) is 0. The van der Waals surface area contributed by atoms with Gasteiger partial charge in [-0.05, 0) is 36.2 Å².